The Morgan fingerprint density at radius 1 is 0.906 bits per heavy atom. The fourth-order valence-electron chi connectivity index (χ4n) is 3.29. The molecule has 158 valence electrons. The van der Waals surface area contributed by atoms with Crippen LogP contribution in [-0.2, 0) is 6.54 Å². The van der Waals surface area contributed by atoms with Gasteiger partial charge in [-0.05, 0) is 41.5 Å². The number of thiazole rings is 1. The van der Waals surface area contributed by atoms with Gasteiger partial charge in [0.2, 0.25) is 4.80 Å². The zero-order valence-corrected chi connectivity index (χ0v) is 17.7. The summed E-state index contributed by atoms with van der Waals surface area (Å²) in [7, 11) is 0. The van der Waals surface area contributed by atoms with E-state index in [9.17, 15) is 10.2 Å². The standard InChI is InChI=1S/C25H19N3O3S/c29-21-11-10-18(12-22(21)30)15-27-28-20(24-13-19-8-4-5-9-23(19)31-24)16-32-25(28)26-14-17-6-2-1-3-7-17/h1-13,15-16,29-30H,14H2. The minimum Gasteiger partial charge on any atom is -0.504 e. The second kappa shape index (κ2) is 8.56. The molecule has 5 rings (SSSR count). The Morgan fingerprint density at radius 2 is 1.72 bits per heavy atom. The Morgan fingerprint density at radius 3 is 2.53 bits per heavy atom. The first kappa shape index (κ1) is 19.8. The number of hydrogen-bond acceptors (Lipinski definition) is 6. The first-order valence-electron chi connectivity index (χ1n) is 9.97. The molecule has 0 aliphatic rings. The van der Waals surface area contributed by atoms with Gasteiger partial charge in [-0.3, -0.25) is 4.99 Å². The molecular formula is C25H19N3O3S. The smallest absolute Gasteiger partial charge is 0.206 e. The Balaban J connectivity index is 1.59. The Kier molecular flexibility index (Phi) is 5.31. The average Bonchev–Trinajstić information content (AvgIpc) is 3.42. The molecule has 0 aliphatic carbocycles. The highest BCUT2D eigenvalue weighted by atomic mass is 32.1. The van der Waals surface area contributed by atoms with Crippen LogP contribution in [0.5, 0.6) is 11.5 Å². The highest BCUT2D eigenvalue weighted by Crippen LogP contribution is 2.28. The van der Waals surface area contributed by atoms with Gasteiger partial charge in [0.25, 0.3) is 0 Å². The number of fused-ring (bicyclic) bond motifs is 1. The number of phenols is 2. The second-order valence-corrected chi connectivity index (χ2v) is 7.99. The van der Waals surface area contributed by atoms with Crippen molar-refractivity contribution in [2.45, 2.75) is 6.54 Å². The van der Waals surface area contributed by atoms with Crippen molar-refractivity contribution < 1.29 is 14.6 Å². The summed E-state index contributed by atoms with van der Waals surface area (Å²) in [5, 5.41) is 26.9. The SMILES string of the molecule is Oc1ccc(C=Nn2c(-c3cc4ccccc4o3)csc2=NCc2ccccc2)cc1O. The summed E-state index contributed by atoms with van der Waals surface area (Å²) >= 11 is 1.47. The van der Waals surface area contributed by atoms with E-state index in [-0.39, 0.29) is 11.5 Å². The van der Waals surface area contributed by atoms with Gasteiger partial charge in [-0.2, -0.15) is 5.10 Å². The van der Waals surface area contributed by atoms with Crippen LogP contribution in [0.25, 0.3) is 22.4 Å². The van der Waals surface area contributed by atoms with Crippen molar-refractivity contribution in [3.63, 3.8) is 0 Å². The number of aromatic nitrogens is 1. The highest BCUT2D eigenvalue weighted by molar-refractivity contribution is 7.07. The number of nitrogens with zero attached hydrogens (tertiary/aromatic N) is 3. The molecule has 2 N–H and O–H groups in total. The van der Waals surface area contributed by atoms with E-state index in [0.717, 1.165) is 22.2 Å². The van der Waals surface area contributed by atoms with Gasteiger partial charge in [-0.1, -0.05) is 48.5 Å². The minimum absolute atomic E-state index is 0.174. The van der Waals surface area contributed by atoms with E-state index in [2.05, 4.69) is 5.10 Å². The summed E-state index contributed by atoms with van der Waals surface area (Å²) in [4.78, 5) is 5.47. The van der Waals surface area contributed by atoms with E-state index in [0.29, 0.717) is 22.7 Å². The molecule has 2 heterocycles. The molecule has 3 aromatic carbocycles. The van der Waals surface area contributed by atoms with Crippen LogP contribution in [0.2, 0.25) is 0 Å². The lowest BCUT2D eigenvalue weighted by molar-refractivity contribution is 0.403. The molecule has 7 heteroatoms. The summed E-state index contributed by atoms with van der Waals surface area (Å²) in [6.45, 7) is 0.524. The summed E-state index contributed by atoms with van der Waals surface area (Å²) in [6.07, 6.45) is 1.61. The van der Waals surface area contributed by atoms with Gasteiger partial charge < -0.3 is 14.6 Å². The molecule has 0 amide bonds. The van der Waals surface area contributed by atoms with Crippen molar-refractivity contribution in [1.29, 1.82) is 0 Å². The first-order valence-corrected chi connectivity index (χ1v) is 10.9. The third-order valence-corrected chi connectivity index (χ3v) is 5.78. The minimum atomic E-state index is -0.198. The van der Waals surface area contributed by atoms with Crippen molar-refractivity contribution in [1.82, 2.24) is 4.68 Å². The van der Waals surface area contributed by atoms with E-state index >= 15 is 0 Å². The lowest BCUT2D eigenvalue weighted by atomic mass is 10.2. The van der Waals surface area contributed by atoms with Gasteiger partial charge >= 0.3 is 0 Å². The molecule has 0 radical (unpaired) electrons. The number of benzene rings is 3. The Hall–Kier alpha value is -4.10. The first-order chi connectivity index (χ1) is 15.7. The van der Waals surface area contributed by atoms with E-state index in [1.165, 1.54) is 23.5 Å². The van der Waals surface area contributed by atoms with Crippen LogP contribution >= 0.6 is 11.3 Å². The maximum atomic E-state index is 9.79. The fourth-order valence-corrected chi connectivity index (χ4v) is 4.10. The molecule has 6 nitrogen and oxygen atoms in total. The molecule has 0 saturated carbocycles. The normalized spacial score (nSPS) is 12.2. The molecule has 32 heavy (non-hydrogen) atoms. The van der Waals surface area contributed by atoms with Crippen LogP contribution in [0, 0.1) is 0 Å². The predicted molar refractivity (Wildman–Crippen MR) is 126 cm³/mol. The van der Waals surface area contributed by atoms with Crippen LogP contribution < -0.4 is 4.80 Å². The Bertz CT molecular complexity index is 1450. The number of phenolic OH excluding ortho intramolecular Hbond substituents is 2. The molecule has 2 aromatic heterocycles. The molecule has 0 unspecified atom stereocenters. The van der Waals surface area contributed by atoms with Crippen LogP contribution in [0.4, 0.5) is 0 Å². The maximum absolute atomic E-state index is 9.79. The zero-order chi connectivity index (χ0) is 21.9. The summed E-state index contributed by atoms with van der Waals surface area (Å²) in [6, 6.07) is 24.4. The summed E-state index contributed by atoms with van der Waals surface area (Å²) < 4.78 is 7.79. The monoisotopic (exact) mass is 441 g/mol. The molecule has 0 spiro atoms. The molecule has 0 aliphatic heterocycles. The van der Waals surface area contributed by atoms with Crippen LogP contribution in [0.3, 0.4) is 0 Å². The van der Waals surface area contributed by atoms with Crippen LogP contribution in [-0.4, -0.2) is 21.1 Å². The number of hydrogen-bond donors (Lipinski definition) is 2. The number of rotatable bonds is 5. The highest BCUT2D eigenvalue weighted by Gasteiger charge is 2.13. The van der Waals surface area contributed by atoms with E-state index in [4.69, 9.17) is 9.41 Å². The van der Waals surface area contributed by atoms with Gasteiger partial charge in [0.05, 0.1) is 12.8 Å². The molecule has 0 saturated heterocycles. The van der Waals surface area contributed by atoms with Crippen molar-refractivity contribution in [2.24, 2.45) is 10.1 Å². The van der Waals surface area contributed by atoms with Gasteiger partial charge in [-0.15, -0.1) is 11.3 Å². The van der Waals surface area contributed by atoms with Crippen molar-refractivity contribution in [3.05, 3.63) is 100 Å². The number of aromatic hydroxyl groups is 2. The molecular weight excluding hydrogens is 422 g/mol. The van der Waals surface area contributed by atoms with Gasteiger partial charge in [0.15, 0.2) is 17.3 Å². The fraction of sp³-hybridized carbons (Fsp3) is 0.0400. The van der Waals surface area contributed by atoms with Gasteiger partial charge in [-0.25, -0.2) is 4.68 Å². The van der Waals surface area contributed by atoms with Gasteiger partial charge in [0.1, 0.15) is 11.3 Å². The molecule has 0 atom stereocenters. The summed E-state index contributed by atoms with van der Waals surface area (Å²) in [5.41, 5.74) is 3.32. The van der Waals surface area contributed by atoms with E-state index in [1.54, 1.807) is 17.0 Å². The average molecular weight is 442 g/mol. The van der Waals surface area contributed by atoms with Gasteiger partial charge in [0, 0.05) is 10.8 Å². The third kappa shape index (κ3) is 4.06. The lowest BCUT2D eigenvalue weighted by Crippen LogP contribution is -2.12. The quantitative estimate of drug-likeness (QED) is 0.285. The van der Waals surface area contributed by atoms with E-state index in [1.807, 2.05) is 66.0 Å². The largest absolute Gasteiger partial charge is 0.504 e. The van der Waals surface area contributed by atoms with E-state index < -0.39 is 0 Å². The predicted octanol–water partition coefficient (Wildman–Crippen LogP) is 5.36. The zero-order valence-electron chi connectivity index (χ0n) is 16.9. The van der Waals surface area contributed by atoms with Crippen molar-refractivity contribution >= 4 is 28.5 Å². The molecule has 0 fully saturated rings. The maximum Gasteiger partial charge on any atom is 0.206 e. The third-order valence-electron chi connectivity index (χ3n) is 4.92. The molecule has 5 aromatic rings. The topological polar surface area (TPSA) is 83.2 Å². The van der Waals surface area contributed by atoms with Crippen LogP contribution in [0.15, 0.2) is 98.8 Å². The number of furan rings is 1. The summed E-state index contributed by atoms with van der Waals surface area (Å²) in [5.74, 6) is 0.317. The second-order valence-electron chi connectivity index (χ2n) is 7.16. The lowest BCUT2D eigenvalue weighted by Gasteiger charge is -2.02. The van der Waals surface area contributed by atoms with Crippen LogP contribution in [0.1, 0.15) is 11.1 Å². The molecule has 0 bridgehead atoms. The number of para-hydroxylation sites is 1. The van der Waals surface area contributed by atoms with Crippen molar-refractivity contribution in [3.8, 4) is 23.0 Å². The van der Waals surface area contributed by atoms with Crippen molar-refractivity contribution in [2.75, 3.05) is 0 Å². The Labute approximate surface area is 187 Å².